The van der Waals surface area contributed by atoms with Crippen molar-refractivity contribution in [3.63, 3.8) is 0 Å². The van der Waals surface area contributed by atoms with Gasteiger partial charge in [0.05, 0.1) is 12.2 Å². The normalized spacial score (nSPS) is 11.9. The molecule has 1 N–H and O–H groups in total. The molecule has 24 heavy (non-hydrogen) atoms. The number of thioether (sulfide) groups is 1. The van der Waals surface area contributed by atoms with Gasteiger partial charge in [-0.2, -0.15) is 0 Å². The highest BCUT2D eigenvalue weighted by Gasteiger charge is 2.13. The molecule has 0 heterocycles. The first kappa shape index (κ1) is 18.6. The Morgan fingerprint density at radius 1 is 1.12 bits per heavy atom. The number of amides is 1. The van der Waals surface area contributed by atoms with Crippen LogP contribution in [-0.4, -0.2) is 31.4 Å². The van der Waals surface area contributed by atoms with Crippen LogP contribution >= 0.6 is 11.8 Å². The molecule has 0 spiro atoms. The monoisotopic (exact) mass is 343 g/mol. The minimum absolute atomic E-state index is 0.00363. The van der Waals surface area contributed by atoms with E-state index in [2.05, 4.69) is 24.4 Å². The van der Waals surface area contributed by atoms with Gasteiger partial charge < -0.3 is 10.1 Å². The molecule has 0 aliphatic carbocycles. The van der Waals surface area contributed by atoms with Crippen LogP contribution in [0.25, 0.3) is 0 Å². The molecule has 0 saturated carbocycles. The van der Waals surface area contributed by atoms with Crippen molar-refractivity contribution in [2.75, 3.05) is 19.5 Å². The van der Waals surface area contributed by atoms with Crippen molar-refractivity contribution in [3.05, 3.63) is 65.7 Å². The molecule has 2 aromatic carbocycles. The lowest BCUT2D eigenvalue weighted by Gasteiger charge is -2.15. The Bertz CT molecular complexity index is 631. The van der Waals surface area contributed by atoms with Crippen LogP contribution in [0.3, 0.4) is 0 Å². The summed E-state index contributed by atoms with van der Waals surface area (Å²) in [5.41, 5.74) is 2.04. The van der Waals surface area contributed by atoms with E-state index in [0.717, 1.165) is 29.1 Å². The summed E-state index contributed by atoms with van der Waals surface area (Å²) in [6.07, 6.45) is 1.89. The molecule has 1 atom stereocenters. The highest BCUT2D eigenvalue weighted by atomic mass is 32.2. The topological polar surface area (TPSA) is 38.3 Å². The van der Waals surface area contributed by atoms with Crippen molar-refractivity contribution in [1.29, 1.82) is 0 Å². The molecule has 1 unspecified atom stereocenters. The smallest absolute Gasteiger partial charge is 0.252 e. The number of ether oxygens (including phenoxy) is 1. The van der Waals surface area contributed by atoms with Crippen LogP contribution in [0.1, 0.15) is 29.3 Å². The largest absolute Gasteiger partial charge is 0.384 e. The molecule has 1 amide bonds. The first-order valence-electron chi connectivity index (χ1n) is 8.26. The van der Waals surface area contributed by atoms with Crippen LogP contribution in [0.2, 0.25) is 0 Å². The number of benzene rings is 2. The van der Waals surface area contributed by atoms with Gasteiger partial charge >= 0.3 is 0 Å². The number of nitrogens with one attached hydrogen (secondary N) is 1. The minimum Gasteiger partial charge on any atom is -0.384 e. The molecule has 0 radical (unpaired) electrons. The molecule has 3 nitrogen and oxygen atoms in total. The first-order valence-corrected chi connectivity index (χ1v) is 9.25. The summed E-state index contributed by atoms with van der Waals surface area (Å²) in [6, 6.07) is 18.2. The fourth-order valence-electron chi connectivity index (χ4n) is 2.42. The Labute approximate surface area is 148 Å². The zero-order valence-electron chi connectivity index (χ0n) is 14.3. The molecular weight excluding hydrogens is 318 g/mol. The van der Waals surface area contributed by atoms with Crippen molar-refractivity contribution < 1.29 is 9.53 Å². The molecule has 0 aliphatic heterocycles. The fraction of sp³-hybridized carbons (Fsp3) is 0.350. The molecular formula is C20H25NO2S. The number of carbonyl (C=O) groups is 1. The fourth-order valence-corrected chi connectivity index (χ4v) is 3.38. The van der Waals surface area contributed by atoms with Gasteiger partial charge in [-0.3, -0.25) is 4.79 Å². The maximum atomic E-state index is 12.6. The van der Waals surface area contributed by atoms with E-state index >= 15 is 0 Å². The number of methoxy groups -OCH3 is 1. The van der Waals surface area contributed by atoms with Crippen molar-refractivity contribution in [2.45, 2.75) is 30.7 Å². The second-order valence-electron chi connectivity index (χ2n) is 5.74. The Kier molecular flexibility index (Phi) is 7.86. The third-order valence-corrected chi connectivity index (χ3v) is 4.80. The summed E-state index contributed by atoms with van der Waals surface area (Å²) < 4.78 is 5.08. The maximum absolute atomic E-state index is 12.6. The predicted octanol–water partition coefficient (Wildman–Crippen LogP) is 4.18. The summed E-state index contributed by atoms with van der Waals surface area (Å²) in [4.78, 5) is 13.6. The molecule has 0 fully saturated rings. The Balaban J connectivity index is 1.89. The van der Waals surface area contributed by atoms with Crippen LogP contribution in [0.15, 0.2) is 59.5 Å². The van der Waals surface area contributed by atoms with E-state index in [0.29, 0.717) is 6.61 Å². The summed E-state index contributed by atoms with van der Waals surface area (Å²) >= 11 is 1.65. The molecule has 4 heteroatoms. The van der Waals surface area contributed by atoms with E-state index in [1.165, 1.54) is 5.56 Å². The zero-order chi connectivity index (χ0) is 17.2. The lowest BCUT2D eigenvalue weighted by molar-refractivity contribution is 0.0935. The second-order valence-corrected chi connectivity index (χ2v) is 6.87. The van der Waals surface area contributed by atoms with E-state index in [-0.39, 0.29) is 11.9 Å². The first-order chi connectivity index (χ1) is 11.7. The number of hydrogen-bond acceptors (Lipinski definition) is 3. The van der Waals surface area contributed by atoms with E-state index in [1.54, 1.807) is 18.9 Å². The van der Waals surface area contributed by atoms with E-state index < -0.39 is 0 Å². The van der Waals surface area contributed by atoms with Gasteiger partial charge in [-0.05, 0) is 37.5 Å². The SMILES string of the molecule is COCCSc1ccccc1C(=O)NC(C)CCc1ccccc1. The van der Waals surface area contributed by atoms with Crippen LogP contribution in [0.4, 0.5) is 0 Å². The molecule has 2 rings (SSSR count). The number of carbonyl (C=O) groups excluding carboxylic acids is 1. The number of rotatable bonds is 9. The molecule has 0 aromatic heterocycles. The van der Waals surface area contributed by atoms with Gasteiger partial charge in [0, 0.05) is 23.8 Å². The van der Waals surface area contributed by atoms with Gasteiger partial charge in [-0.1, -0.05) is 42.5 Å². The predicted molar refractivity (Wildman–Crippen MR) is 101 cm³/mol. The third-order valence-electron chi connectivity index (χ3n) is 3.76. The van der Waals surface area contributed by atoms with E-state index in [9.17, 15) is 4.79 Å². The van der Waals surface area contributed by atoms with Crippen LogP contribution in [0.5, 0.6) is 0 Å². The number of aryl methyl sites for hydroxylation is 1. The Morgan fingerprint density at radius 3 is 2.58 bits per heavy atom. The summed E-state index contributed by atoms with van der Waals surface area (Å²) in [7, 11) is 1.69. The summed E-state index contributed by atoms with van der Waals surface area (Å²) in [5.74, 6) is 0.834. The quantitative estimate of drug-likeness (QED) is 0.548. The molecule has 0 aliphatic rings. The lowest BCUT2D eigenvalue weighted by atomic mass is 10.1. The van der Waals surface area contributed by atoms with Crippen molar-refractivity contribution >= 4 is 17.7 Å². The van der Waals surface area contributed by atoms with Crippen LogP contribution in [-0.2, 0) is 11.2 Å². The molecule has 0 saturated heterocycles. The molecule has 2 aromatic rings. The van der Waals surface area contributed by atoms with Crippen molar-refractivity contribution in [3.8, 4) is 0 Å². The van der Waals surface area contributed by atoms with E-state index in [1.807, 2.05) is 42.5 Å². The van der Waals surface area contributed by atoms with Crippen LogP contribution < -0.4 is 5.32 Å². The standard InChI is InChI=1S/C20H25NO2S/c1-16(12-13-17-8-4-3-5-9-17)21-20(22)18-10-6-7-11-19(18)24-15-14-23-2/h3-11,16H,12-15H2,1-2H3,(H,21,22). The molecule has 128 valence electrons. The van der Waals surface area contributed by atoms with Gasteiger partial charge in [0.25, 0.3) is 5.91 Å². The Morgan fingerprint density at radius 2 is 1.83 bits per heavy atom. The van der Waals surface area contributed by atoms with Gasteiger partial charge in [0.1, 0.15) is 0 Å². The zero-order valence-corrected chi connectivity index (χ0v) is 15.1. The van der Waals surface area contributed by atoms with Crippen LogP contribution in [0, 0.1) is 0 Å². The van der Waals surface area contributed by atoms with Crippen molar-refractivity contribution in [2.24, 2.45) is 0 Å². The second kappa shape index (κ2) is 10.2. The lowest BCUT2D eigenvalue weighted by Crippen LogP contribution is -2.33. The van der Waals surface area contributed by atoms with Gasteiger partial charge in [0.15, 0.2) is 0 Å². The van der Waals surface area contributed by atoms with Gasteiger partial charge in [-0.25, -0.2) is 0 Å². The summed E-state index contributed by atoms with van der Waals surface area (Å²) in [5, 5.41) is 3.11. The average molecular weight is 343 g/mol. The number of hydrogen-bond donors (Lipinski definition) is 1. The summed E-state index contributed by atoms with van der Waals surface area (Å²) in [6.45, 7) is 2.73. The van der Waals surface area contributed by atoms with Gasteiger partial charge in [-0.15, -0.1) is 11.8 Å². The van der Waals surface area contributed by atoms with E-state index in [4.69, 9.17) is 4.74 Å². The highest BCUT2D eigenvalue weighted by Crippen LogP contribution is 2.22. The van der Waals surface area contributed by atoms with Crippen molar-refractivity contribution in [1.82, 2.24) is 5.32 Å². The maximum Gasteiger partial charge on any atom is 0.252 e. The highest BCUT2D eigenvalue weighted by molar-refractivity contribution is 7.99. The average Bonchev–Trinajstić information content (AvgIpc) is 2.61. The third kappa shape index (κ3) is 6.02. The molecule has 0 bridgehead atoms. The Hall–Kier alpha value is -1.78. The van der Waals surface area contributed by atoms with Gasteiger partial charge in [0.2, 0.25) is 0 Å². The minimum atomic E-state index is -0.00363.